The molecule has 4 heteroatoms. The summed E-state index contributed by atoms with van der Waals surface area (Å²) in [6.45, 7) is 2.50. The van der Waals surface area contributed by atoms with Crippen LogP contribution in [0.4, 0.5) is 0 Å². The molecule has 3 aromatic rings. The molecule has 2 aromatic heterocycles. The van der Waals surface area contributed by atoms with Crippen molar-refractivity contribution in [3.8, 4) is 17.0 Å². The molecule has 0 aliphatic rings. The lowest BCUT2D eigenvalue weighted by Crippen LogP contribution is -2.14. The first-order valence-electron chi connectivity index (χ1n) is 6.49. The highest BCUT2D eigenvalue weighted by molar-refractivity contribution is 5.61. The van der Waals surface area contributed by atoms with E-state index in [-0.39, 0.29) is 5.56 Å². The van der Waals surface area contributed by atoms with Crippen LogP contribution in [0.2, 0.25) is 0 Å². The maximum Gasteiger partial charge on any atom is 0.258 e. The molecule has 0 saturated carbocycles. The molecule has 0 N–H and O–H groups in total. The summed E-state index contributed by atoms with van der Waals surface area (Å²) in [6.07, 6.45) is 1.68. The first-order valence-corrected chi connectivity index (χ1v) is 6.49. The van der Waals surface area contributed by atoms with Crippen LogP contribution in [-0.2, 0) is 0 Å². The van der Waals surface area contributed by atoms with E-state index in [2.05, 4.69) is 4.98 Å². The van der Waals surface area contributed by atoms with Crippen molar-refractivity contribution in [3.63, 3.8) is 0 Å². The standard InChI is InChI=1S/C16H14N2O2/c1-2-20-13-8-9-18-15(10-13)17-14(11-16(18)19)12-6-4-3-5-7-12/h3-11H,2H2,1H3. The molecule has 0 amide bonds. The molecule has 0 bridgehead atoms. The van der Waals surface area contributed by atoms with Crippen molar-refractivity contribution < 1.29 is 4.74 Å². The number of hydrogen-bond donors (Lipinski definition) is 0. The molecule has 4 nitrogen and oxygen atoms in total. The zero-order chi connectivity index (χ0) is 13.9. The van der Waals surface area contributed by atoms with Gasteiger partial charge in [0, 0.05) is 23.9 Å². The summed E-state index contributed by atoms with van der Waals surface area (Å²) >= 11 is 0. The lowest BCUT2D eigenvalue weighted by molar-refractivity contribution is 0.340. The highest BCUT2D eigenvalue weighted by Crippen LogP contribution is 2.17. The van der Waals surface area contributed by atoms with E-state index in [4.69, 9.17) is 4.74 Å². The molecule has 0 saturated heterocycles. The van der Waals surface area contributed by atoms with Crippen molar-refractivity contribution in [1.29, 1.82) is 0 Å². The molecule has 0 unspecified atom stereocenters. The SMILES string of the molecule is CCOc1ccn2c(=O)cc(-c3ccccc3)nc2c1. The fourth-order valence-corrected chi connectivity index (χ4v) is 2.10. The fourth-order valence-electron chi connectivity index (χ4n) is 2.10. The van der Waals surface area contributed by atoms with E-state index in [9.17, 15) is 4.79 Å². The van der Waals surface area contributed by atoms with Crippen LogP contribution in [0.5, 0.6) is 5.75 Å². The van der Waals surface area contributed by atoms with E-state index in [1.54, 1.807) is 24.4 Å². The van der Waals surface area contributed by atoms with Gasteiger partial charge in [-0.15, -0.1) is 0 Å². The van der Waals surface area contributed by atoms with Gasteiger partial charge < -0.3 is 4.74 Å². The van der Waals surface area contributed by atoms with Crippen molar-refractivity contribution in [2.45, 2.75) is 6.92 Å². The van der Waals surface area contributed by atoms with Gasteiger partial charge in [0.15, 0.2) is 0 Å². The zero-order valence-electron chi connectivity index (χ0n) is 11.1. The average molecular weight is 266 g/mol. The highest BCUT2D eigenvalue weighted by Gasteiger charge is 2.05. The van der Waals surface area contributed by atoms with Gasteiger partial charge in [0.1, 0.15) is 11.4 Å². The molecule has 2 heterocycles. The van der Waals surface area contributed by atoms with Gasteiger partial charge in [0.2, 0.25) is 0 Å². The first-order chi connectivity index (χ1) is 9.78. The van der Waals surface area contributed by atoms with Crippen LogP contribution in [0.25, 0.3) is 16.9 Å². The number of fused-ring (bicyclic) bond motifs is 1. The minimum atomic E-state index is -0.100. The van der Waals surface area contributed by atoms with Crippen molar-refractivity contribution in [1.82, 2.24) is 9.38 Å². The molecular formula is C16H14N2O2. The summed E-state index contributed by atoms with van der Waals surface area (Å²) in [4.78, 5) is 16.7. The second kappa shape index (κ2) is 5.17. The average Bonchev–Trinajstić information content (AvgIpc) is 2.48. The van der Waals surface area contributed by atoms with Crippen molar-refractivity contribution >= 4 is 5.65 Å². The third-order valence-electron chi connectivity index (χ3n) is 3.02. The third-order valence-corrected chi connectivity index (χ3v) is 3.02. The summed E-state index contributed by atoms with van der Waals surface area (Å²) in [5.41, 5.74) is 2.08. The second-order valence-corrected chi connectivity index (χ2v) is 4.37. The Labute approximate surface area is 116 Å². The van der Waals surface area contributed by atoms with E-state index in [0.29, 0.717) is 23.7 Å². The van der Waals surface area contributed by atoms with Gasteiger partial charge in [0.05, 0.1) is 12.3 Å². The number of nitrogens with zero attached hydrogens (tertiary/aromatic N) is 2. The van der Waals surface area contributed by atoms with Crippen molar-refractivity contribution in [2.75, 3.05) is 6.61 Å². The van der Waals surface area contributed by atoms with Gasteiger partial charge in [-0.3, -0.25) is 9.20 Å². The number of rotatable bonds is 3. The third kappa shape index (κ3) is 2.28. The monoisotopic (exact) mass is 266 g/mol. The molecule has 0 spiro atoms. The minimum absolute atomic E-state index is 0.100. The molecule has 100 valence electrons. The Balaban J connectivity index is 2.19. The minimum Gasteiger partial charge on any atom is -0.494 e. The number of pyridine rings is 1. The maximum absolute atomic E-state index is 12.1. The molecule has 0 aliphatic heterocycles. The Morgan fingerprint density at radius 3 is 2.70 bits per heavy atom. The summed E-state index contributed by atoms with van der Waals surface area (Å²) in [5, 5.41) is 0. The fraction of sp³-hybridized carbons (Fsp3) is 0.125. The topological polar surface area (TPSA) is 43.6 Å². The molecule has 20 heavy (non-hydrogen) atoms. The van der Waals surface area contributed by atoms with Crippen LogP contribution in [-0.4, -0.2) is 16.0 Å². The Kier molecular flexibility index (Phi) is 3.21. The zero-order valence-corrected chi connectivity index (χ0v) is 11.1. The van der Waals surface area contributed by atoms with E-state index >= 15 is 0 Å². The Morgan fingerprint density at radius 1 is 1.15 bits per heavy atom. The predicted molar refractivity (Wildman–Crippen MR) is 78.1 cm³/mol. The molecule has 1 aromatic carbocycles. The molecule has 0 aliphatic carbocycles. The van der Waals surface area contributed by atoms with Gasteiger partial charge in [-0.25, -0.2) is 4.98 Å². The maximum atomic E-state index is 12.1. The largest absolute Gasteiger partial charge is 0.494 e. The molecule has 0 atom stereocenters. The number of ether oxygens (including phenoxy) is 1. The molecular weight excluding hydrogens is 252 g/mol. The van der Waals surface area contributed by atoms with Crippen LogP contribution >= 0.6 is 0 Å². The van der Waals surface area contributed by atoms with Crippen LogP contribution in [0, 0.1) is 0 Å². The normalized spacial score (nSPS) is 10.7. The van der Waals surface area contributed by atoms with Crippen LogP contribution in [0.3, 0.4) is 0 Å². The van der Waals surface area contributed by atoms with Gasteiger partial charge in [-0.05, 0) is 13.0 Å². The van der Waals surface area contributed by atoms with Crippen LogP contribution in [0.15, 0.2) is 59.5 Å². The second-order valence-electron chi connectivity index (χ2n) is 4.37. The number of aromatic nitrogens is 2. The summed E-state index contributed by atoms with van der Waals surface area (Å²) in [6, 6.07) is 14.7. The van der Waals surface area contributed by atoms with Gasteiger partial charge in [-0.1, -0.05) is 30.3 Å². The van der Waals surface area contributed by atoms with E-state index in [1.165, 1.54) is 4.40 Å². The summed E-state index contributed by atoms with van der Waals surface area (Å²) in [7, 11) is 0. The van der Waals surface area contributed by atoms with Gasteiger partial charge in [-0.2, -0.15) is 0 Å². The van der Waals surface area contributed by atoms with Crippen LogP contribution < -0.4 is 10.3 Å². The van der Waals surface area contributed by atoms with Crippen molar-refractivity contribution in [3.05, 3.63) is 65.1 Å². The molecule has 3 rings (SSSR count). The Morgan fingerprint density at radius 2 is 1.95 bits per heavy atom. The van der Waals surface area contributed by atoms with Crippen molar-refractivity contribution in [2.24, 2.45) is 0 Å². The lowest BCUT2D eigenvalue weighted by atomic mass is 10.1. The van der Waals surface area contributed by atoms with Gasteiger partial charge >= 0.3 is 0 Å². The summed E-state index contributed by atoms with van der Waals surface area (Å²) in [5.74, 6) is 0.713. The Hall–Kier alpha value is -2.62. The van der Waals surface area contributed by atoms with E-state index in [0.717, 1.165) is 5.56 Å². The number of benzene rings is 1. The van der Waals surface area contributed by atoms with E-state index in [1.807, 2.05) is 37.3 Å². The predicted octanol–water partition coefficient (Wildman–Crippen LogP) is 2.76. The molecule has 0 radical (unpaired) electrons. The highest BCUT2D eigenvalue weighted by atomic mass is 16.5. The quantitative estimate of drug-likeness (QED) is 0.732. The lowest BCUT2D eigenvalue weighted by Gasteiger charge is -2.07. The Bertz CT molecular complexity index is 794. The molecule has 0 fully saturated rings. The van der Waals surface area contributed by atoms with E-state index < -0.39 is 0 Å². The van der Waals surface area contributed by atoms with Gasteiger partial charge in [0.25, 0.3) is 5.56 Å². The first kappa shape index (κ1) is 12.4. The number of hydrogen-bond acceptors (Lipinski definition) is 3. The summed E-state index contributed by atoms with van der Waals surface area (Å²) < 4.78 is 6.95. The van der Waals surface area contributed by atoms with Crippen LogP contribution in [0.1, 0.15) is 6.92 Å². The smallest absolute Gasteiger partial charge is 0.258 e.